The predicted molar refractivity (Wildman–Crippen MR) is 129 cm³/mol. The summed E-state index contributed by atoms with van der Waals surface area (Å²) in [6.07, 6.45) is 9.17. The number of carboxylic acid groups (broad SMARTS) is 1. The van der Waals surface area contributed by atoms with E-state index in [1.165, 1.54) is 23.9 Å². The SMILES string of the molecule is O=C(N[C@@H](CCN(CCCCc1ccc2c(n1)NCCC2)C1CC1)C(=O)O)c1ccc[nH]c1=O. The molecule has 9 heteroatoms. The smallest absolute Gasteiger partial charge is 0.326 e. The van der Waals surface area contributed by atoms with Crippen molar-refractivity contribution in [2.45, 2.75) is 63.5 Å². The van der Waals surface area contributed by atoms with E-state index < -0.39 is 23.5 Å². The van der Waals surface area contributed by atoms with Crippen LogP contribution in [0.25, 0.3) is 0 Å². The molecule has 0 saturated heterocycles. The Morgan fingerprint density at radius 1 is 1.21 bits per heavy atom. The first kappa shape index (κ1) is 23.9. The third kappa shape index (κ3) is 6.44. The Balaban J connectivity index is 1.24. The molecule has 1 aliphatic heterocycles. The first-order chi connectivity index (χ1) is 16.5. The number of H-pyrrole nitrogens is 1. The Morgan fingerprint density at radius 3 is 2.82 bits per heavy atom. The summed E-state index contributed by atoms with van der Waals surface area (Å²) in [5, 5.41) is 15.5. The summed E-state index contributed by atoms with van der Waals surface area (Å²) in [4.78, 5) is 45.5. The van der Waals surface area contributed by atoms with Crippen molar-refractivity contribution in [1.82, 2.24) is 20.2 Å². The van der Waals surface area contributed by atoms with Gasteiger partial charge in [0.1, 0.15) is 17.4 Å². The summed E-state index contributed by atoms with van der Waals surface area (Å²) in [5.74, 6) is -0.731. The van der Waals surface area contributed by atoms with Gasteiger partial charge in [-0.2, -0.15) is 0 Å². The van der Waals surface area contributed by atoms with Crippen molar-refractivity contribution in [3.63, 3.8) is 0 Å². The van der Waals surface area contributed by atoms with Gasteiger partial charge in [0.2, 0.25) is 0 Å². The van der Waals surface area contributed by atoms with Crippen LogP contribution >= 0.6 is 0 Å². The molecule has 1 atom stereocenters. The molecule has 2 aliphatic rings. The van der Waals surface area contributed by atoms with Gasteiger partial charge in [0.15, 0.2) is 0 Å². The summed E-state index contributed by atoms with van der Waals surface area (Å²) >= 11 is 0. The average molecular weight is 468 g/mol. The number of aromatic amines is 1. The van der Waals surface area contributed by atoms with Crippen LogP contribution in [0.3, 0.4) is 0 Å². The first-order valence-corrected chi connectivity index (χ1v) is 12.2. The maximum Gasteiger partial charge on any atom is 0.326 e. The molecule has 34 heavy (non-hydrogen) atoms. The Hall–Kier alpha value is -3.20. The molecule has 4 rings (SSSR count). The lowest BCUT2D eigenvalue weighted by Crippen LogP contribution is -2.44. The van der Waals surface area contributed by atoms with Crippen molar-refractivity contribution in [2.75, 3.05) is 25.0 Å². The van der Waals surface area contributed by atoms with Gasteiger partial charge in [-0.25, -0.2) is 9.78 Å². The third-order valence-electron chi connectivity index (χ3n) is 6.51. The number of hydrogen-bond acceptors (Lipinski definition) is 6. The molecule has 9 nitrogen and oxygen atoms in total. The van der Waals surface area contributed by atoms with Crippen LogP contribution in [-0.4, -0.2) is 63.6 Å². The van der Waals surface area contributed by atoms with E-state index in [0.717, 1.165) is 69.5 Å². The summed E-state index contributed by atoms with van der Waals surface area (Å²) in [6.45, 7) is 2.47. The quantitative estimate of drug-likeness (QED) is 0.352. The van der Waals surface area contributed by atoms with Crippen LogP contribution < -0.4 is 16.2 Å². The molecule has 0 unspecified atom stereocenters. The zero-order chi connectivity index (χ0) is 23.9. The van der Waals surface area contributed by atoms with E-state index in [-0.39, 0.29) is 5.56 Å². The molecule has 0 bridgehead atoms. The van der Waals surface area contributed by atoms with Crippen LogP contribution in [-0.2, 0) is 17.6 Å². The number of anilines is 1. The second kappa shape index (κ2) is 11.3. The lowest BCUT2D eigenvalue weighted by molar-refractivity contribution is -0.139. The molecule has 1 fully saturated rings. The lowest BCUT2D eigenvalue weighted by atomic mass is 10.1. The molecule has 1 saturated carbocycles. The van der Waals surface area contributed by atoms with Gasteiger partial charge in [-0.15, -0.1) is 0 Å². The highest BCUT2D eigenvalue weighted by Gasteiger charge is 2.30. The van der Waals surface area contributed by atoms with Crippen molar-refractivity contribution < 1.29 is 14.7 Å². The van der Waals surface area contributed by atoms with Gasteiger partial charge in [-0.3, -0.25) is 9.59 Å². The average Bonchev–Trinajstić information content (AvgIpc) is 3.68. The van der Waals surface area contributed by atoms with Gasteiger partial charge in [0, 0.05) is 31.0 Å². The Bertz CT molecular complexity index is 1070. The number of fused-ring (bicyclic) bond motifs is 1. The van der Waals surface area contributed by atoms with Gasteiger partial charge in [0.25, 0.3) is 11.5 Å². The van der Waals surface area contributed by atoms with Crippen molar-refractivity contribution in [1.29, 1.82) is 0 Å². The highest BCUT2D eigenvalue weighted by atomic mass is 16.4. The molecular formula is C25H33N5O4. The molecule has 0 radical (unpaired) electrons. The van der Waals surface area contributed by atoms with E-state index in [4.69, 9.17) is 4.98 Å². The Morgan fingerprint density at radius 2 is 2.06 bits per heavy atom. The van der Waals surface area contributed by atoms with E-state index in [0.29, 0.717) is 19.0 Å². The van der Waals surface area contributed by atoms with Gasteiger partial charge in [-0.05, 0) is 81.7 Å². The Labute approximate surface area is 199 Å². The fraction of sp³-hybridized carbons (Fsp3) is 0.520. The van der Waals surface area contributed by atoms with Gasteiger partial charge >= 0.3 is 5.97 Å². The number of aryl methyl sites for hydroxylation is 2. The van der Waals surface area contributed by atoms with E-state index >= 15 is 0 Å². The minimum atomic E-state index is -1.09. The predicted octanol–water partition coefficient (Wildman–Crippen LogP) is 2.19. The lowest BCUT2D eigenvalue weighted by Gasteiger charge is -2.24. The van der Waals surface area contributed by atoms with E-state index in [1.54, 1.807) is 0 Å². The number of aromatic nitrogens is 2. The standard InChI is InChI=1S/C25H33N5O4/c31-23-20(7-4-14-27-23)24(32)29-21(25(33)34)12-16-30(19-10-11-19)15-2-1-6-18-9-8-17-5-3-13-26-22(17)28-18/h4,7-9,14,19,21H,1-3,5-6,10-13,15-16H2,(H,26,28)(H,27,31)(H,29,32)(H,33,34)/t21-/m0/s1. The van der Waals surface area contributed by atoms with Crippen molar-refractivity contribution in [3.8, 4) is 0 Å². The van der Waals surface area contributed by atoms with Crippen LogP contribution in [0.4, 0.5) is 5.82 Å². The highest BCUT2D eigenvalue weighted by Crippen LogP contribution is 2.27. The number of hydrogen-bond donors (Lipinski definition) is 4. The molecule has 4 N–H and O–H groups in total. The summed E-state index contributed by atoms with van der Waals surface area (Å²) in [6, 6.07) is 6.69. The number of nitrogens with one attached hydrogen (secondary N) is 3. The number of nitrogens with zero attached hydrogens (tertiary/aromatic N) is 2. The normalized spacial score (nSPS) is 15.9. The van der Waals surface area contributed by atoms with Crippen molar-refractivity contribution >= 4 is 17.7 Å². The maximum absolute atomic E-state index is 12.4. The van der Waals surface area contributed by atoms with E-state index in [2.05, 4.69) is 32.7 Å². The molecule has 1 aliphatic carbocycles. The van der Waals surface area contributed by atoms with Gasteiger partial charge in [-0.1, -0.05) is 6.07 Å². The molecule has 1 amide bonds. The zero-order valence-electron chi connectivity index (χ0n) is 19.4. The van der Waals surface area contributed by atoms with E-state index in [1.807, 2.05) is 0 Å². The minimum absolute atomic E-state index is 0.0845. The van der Waals surface area contributed by atoms with Crippen LogP contribution in [0, 0.1) is 0 Å². The summed E-state index contributed by atoms with van der Waals surface area (Å²) in [5.41, 5.74) is 1.79. The number of rotatable bonds is 12. The monoisotopic (exact) mass is 467 g/mol. The largest absolute Gasteiger partial charge is 0.480 e. The first-order valence-electron chi connectivity index (χ1n) is 12.2. The van der Waals surface area contributed by atoms with Crippen LogP contribution in [0.1, 0.15) is 60.1 Å². The van der Waals surface area contributed by atoms with Crippen molar-refractivity contribution in [3.05, 3.63) is 57.6 Å². The van der Waals surface area contributed by atoms with Crippen LogP contribution in [0.15, 0.2) is 35.3 Å². The third-order valence-corrected chi connectivity index (χ3v) is 6.51. The number of carbonyl (C=O) groups is 2. The molecule has 182 valence electrons. The van der Waals surface area contributed by atoms with Crippen LogP contribution in [0.2, 0.25) is 0 Å². The number of carbonyl (C=O) groups excluding carboxylic acids is 1. The van der Waals surface area contributed by atoms with E-state index in [9.17, 15) is 19.5 Å². The fourth-order valence-corrected chi connectivity index (χ4v) is 4.43. The van der Waals surface area contributed by atoms with Crippen LogP contribution in [0.5, 0.6) is 0 Å². The topological polar surface area (TPSA) is 127 Å². The number of unbranched alkanes of at least 4 members (excludes halogenated alkanes) is 1. The molecular weight excluding hydrogens is 434 g/mol. The summed E-state index contributed by atoms with van der Waals surface area (Å²) in [7, 11) is 0. The van der Waals surface area contributed by atoms with Gasteiger partial charge < -0.3 is 25.6 Å². The second-order valence-electron chi connectivity index (χ2n) is 9.13. The number of pyridine rings is 2. The Kier molecular flexibility index (Phi) is 7.95. The molecule has 0 aromatic carbocycles. The second-order valence-corrected chi connectivity index (χ2v) is 9.13. The molecule has 2 aromatic rings. The maximum atomic E-state index is 12.4. The van der Waals surface area contributed by atoms with Gasteiger partial charge in [0.05, 0.1) is 0 Å². The fourth-order valence-electron chi connectivity index (χ4n) is 4.43. The van der Waals surface area contributed by atoms with Crippen molar-refractivity contribution in [2.24, 2.45) is 0 Å². The number of amides is 1. The molecule has 2 aromatic heterocycles. The minimum Gasteiger partial charge on any atom is -0.480 e. The molecule has 3 heterocycles. The number of carboxylic acids is 1. The number of aliphatic carboxylic acids is 1. The molecule has 0 spiro atoms. The summed E-state index contributed by atoms with van der Waals surface area (Å²) < 4.78 is 0. The zero-order valence-corrected chi connectivity index (χ0v) is 19.4. The highest BCUT2D eigenvalue weighted by molar-refractivity contribution is 5.96.